The van der Waals surface area contributed by atoms with E-state index in [-0.39, 0.29) is 11.8 Å². The Hall–Kier alpha value is -2.86. The van der Waals surface area contributed by atoms with Gasteiger partial charge in [-0.05, 0) is 61.7 Å². The van der Waals surface area contributed by atoms with E-state index >= 15 is 0 Å². The van der Waals surface area contributed by atoms with Crippen molar-refractivity contribution >= 4 is 40.8 Å². The highest BCUT2D eigenvalue weighted by atomic mass is 35.5. The standard InChI is InChI=1S/C20H19ClN2O4/c1-12-3-6-15(11-16(12)21)23-19(26)20(9-10-20)18(25)22-14-7-4-13(5-8-14)17(24)27-2/h3-8,11H,9-10H2,1-2H3,(H,22,25)(H,23,26). The molecule has 27 heavy (non-hydrogen) atoms. The number of carbonyl (C=O) groups excluding carboxylic acids is 3. The van der Waals surface area contributed by atoms with Crippen molar-refractivity contribution in [1.82, 2.24) is 0 Å². The quantitative estimate of drug-likeness (QED) is 0.604. The lowest BCUT2D eigenvalue weighted by Gasteiger charge is -2.16. The highest BCUT2D eigenvalue weighted by Crippen LogP contribution is 2.47. The summed E-state index contributed by atoms with van der Waals surface area (Å²) in [5.74, 6) is -1.18. The molecule has 7 heteroatoms. The smallest absolute Gasteiger partial charge is 0.337 e. The molecule has 0 spiro atoms. The van der Waals surface area contributed by atoms with Crippen LogP contribution in [0.25, 0.3) is 0 Å². The highest BCUT2D eigenvalue weighted by Gasteiger charge is 2.56. The number of benzene rings is 2. The number of halogens is 1. The maximum Gasteiger partial charge on any atom is 0.337 e. The molecular weight excluding hydrogens is 368 g/mol. The molecule has 0 unspecified atom stereocenters. The molecule has 2 amide bonds. The first kappa shape index (κ1) is 18.9. The maximum absolute atomic E-state index is 12.6. The maximum atomic E-state index is 12.6. The Balaban J connectivity index is 1.67. The van der Waals surface area contributed by atoms with Gasteiger partial charge in [0.2, 0.25) is 11.8 Å². The van der Waals surface area contributed by atoms with Gasteiger partial charge in [0, 0.05) is 16.4 Å². The molecule has 0 aromatic heterocycles. The summed E-state index contributed by atoms with van der Waals surface area (Å²) in [5, 5.41) is 6.05. The molecule has 1 fully saturated rings. The van der Waals surface area contributed by atoms with Crippen molar-refractivity contribution < 1.29 is 19.1 Å². The van der Waals surface area contributed by atoms with E-state index in [1.807, 2.05) is 6.92 Å². The molecule has 0 saturated heterocycles. The Labute approximate surface area is 161 Å². The summed E-state index contributed by atoms with van der Waals surface area (Å²) in [6.45, 7) is 1.87. The molecule has 0 atom stereocenters. The van der Waals surface area contributed by atoms with E-state index in [1.54, 1.807) is 42.5 Å². The fourth-order valence-corrected chi connectivity index (χ4v) is 2.84. The molecule has 3 rings (SSSR count). The number of anilines is 2. The summed E-state index contributed by atoms with van der Waals surface area (Å²) < 4.78 is 4.64. The van der Waals surface area contributed by atoms with Gasteiger partial charge in [0.15, 0.2) is 0 Å². The number of rotatable bonds is 5. The van der Waals surface area contributed by atoms with Crippen LogP contribution in [-0.4, -0.2) is 24.9 Å². The second-order valence-electron chi connectivity index (χ2n) is 6.52. The van der Waals surface area contributed by atoms with E-state index in [1.165, 1.54) is 7.11 Å². The Bertz CT molecular complexity index is 905. The predicted octanol–water partition coefficient (Wildman–Crippen LogP) is 3.79. The molecular formula is C20H19ClN2O4. The molecule has 2 aromatic carbocycles. The van der Waals surface area contributed by atoms with Gasteiger partial charge in [0.1, 0.15) is 5.41 Å². The van der Waals surface area contributed by atoms with Gasteiger partial charge in [0.05, 0.1) is 12.7 Å². The molecule has 0 bridgehead atoms. The summed E-state index contributed by atoms with van der Waals surface area (Å²) in [7, 11) is 1.30. The van der Waals surface area contributed by atoms with Gasteiger partial charge in [0.25, 0.3) is 0 Å². The van der Waals surface area contributed by atoms with Crippen molar-refractivity contribution in [2.45, 2.75) is 19.8 Å². The van der Waals surface area contributed by atoms with Crippen LogP contribution in [0, 0.1) is 12.3 Å². The third kappa shape index (κ3) is 3.95. The summed E-state index contributed by atoms with van der Waals surface area (Å²) >= 11 is 6.08. The zero-order valence-corrected chi connectivity index (χ0v) is 15.7. The third-order valence-electron chi connectivity index (χ3n) is 4.61. The third-order valence-corrected chi connectivity index (χ3v) is 5.02. The summed E-state index contributed by atoms with van der Waals surface area (Å²) in [4.78, 5) is 36.7. The van der Waals surface area contributed by atoms with Crippen LogP contribution in [0.1, 0.15) is 28.8 Å². The van der Waals surface area contributed by atoms with Crippen LogP contribution in [0.2, 0.25) is 5.02 Å². The lowest BCUT2D eigenvalue weighted by Crippen LogP contribution is -2.35. The molecule has 6 nitrogen and oxygen atoms in total. The predicted molar refractivity (Wildman–Crippen MR) is 103 cm³/mol. The van der Waals surface area contributed by atoms with E-state index in [4.69, 9.17) is 11.6 Å². The van der Waals surface area contributed by atoms with Crippen molar-refractivity contribution in [2.24, 2.45) is 5.41 Å². The van der Waals surface area contributed by atoms with Crippen LogP contribution in [0.15, 0.2) is 42.5 Å². The van der Waals surface area contributed by atoms with E-state index in [2.05, 4.69) is 15.4 Å². The molecule has 1 saturated carbocycles. The van der Waals surface area contributed by atoms with E-state index < -0.39 is 11.4 Å². The molecule has 0 heterocycles. The minimum atomic E-state index is -1.08. The van der Waals surface area contributed by atoms with Gasteiger partial charge < -0.3 is 15.4 Å². The van der Waals surface area contributed by atoms with Crippen LogP contribution in [0.3, 0.4) is 0 Å². The number of esters is 1. The fourth-order valence-electron chi connectivity index (χ4n) is 2.66. The number of nitrogens with one attached hydrogen (secondary N) is 2. The molecule has 1 aliphatic rings. The summed E-state index contributed by atoms with van der Waals surface area (Å²) in [6, 6.07) is 11.5. The summed E-state index contributed by atoms with van der Waals surface area (Å²) in [5.41, 5.74) is 1.26. The number of methoxy groups -OCH3 is 1. The molecule has 0 radical (unpaired) electrons. The monoisotopic (exact) mass is 386 g/mol. The number of amides is 2. The lowest BCUT2D eigenvalue weighted by atomic mass is 10.0. The number of hydrogen-bond acceptors (Lipinski definition) is 4. The van der Waals surface area contributed by atoms with Crippen LogP contribution in [-0.2, 0) is 14.3 Å². The van der Waals surface area contributed by atoms with Crippen molar-refractivity contribution in [2.75, 3.05) is 17.7 Å². The lowest BCUT2D eigenvalue weighted by molar-refractivity contribution is -0.131. The zero-order valence-electron chi connectivity index (χ0n) is 15.0. The number of hydrogen-bond donors (Lipinski definition) is 2. The first-order chi connectivity index (χ1) is 12.9. The average Bonchev–Trinajstić information content (AvgIpc) is 3.47. The van der Waals surface area contributed by atoms with Gasteiger partial charge in [-0.1, -0.05) is 17.7 Å². The van der Waals surface area contributed by atoms with Gasteiger partial charge in [-0.15, -0.1) is 0 Å². The zero-order chi connectivity index (χ0) is 19.6. The second kappa shape index (κ2) is 7.40. The molecule has 2 aromatic rings. The minimum Gasteiger partial charge on any atom is -0.465 e. The Morgan fingerprint density at radius 3 is 2.04 bits per heavy atom. The number of carbonyl (C=O) groups is 3. The van der Waals surface area contributed by atoms with Crippen LogP contribution in [0.4, 0.5) is 11.4 Å². The first-order valence-corrected chi connectivity index (χ1v) is 8.81. The molecule has 0 aliphatic heterocycles. The van der Waals surface area contributed by atoms with Crippen molar-refractivity contribution in [3.8, 4) is 0 Å². The van der Waals surface area contributed by atoms with E-state index in [9.17, 15) is 14.4 Å². The molecule has 140 valence electrons. The van der Waals surface area contributed by atoms with E-state index in [0.717, 1.165) is 5.56 Å². The minimum absolute atomic E-state index is 0.355. The van der Waals surface area contributed by atoms with Crippen molar-refractivity contribution in [3.05, 3.63) is 58.6 Å². The van der Waals surface area contributed by atoms with Crippen molar-refractivity contribution in [1.29, 1.82) is 0 Å². The second-order valence-corrected chi connectivity index (χ2v) is 6.93. The first-order valence-electron chi connectivity index (χ1n) is 8.43. The van der Waals surface area contributed by atoms with Gasteiger partial charge in [-0.25, -0.2) is 4.79 Å². The van der Waals surface area contributed by atoms with Crippen LogP contribution >= 0.6 is 11.6 Å². The van der Waals surface area contributed by atoms with Gasteiger partial charge in [-0.3, -0.25) is 9.59 Å². The van der Waals surface area contributed by atoms with E-state index in [0.29, 0.717) is 34.8 Å². The van der Waals surface area contributed by atoms with Crippen LogP contribution in [0.5, 0.6) is 0 Å². The fraction of sp³-hybridized carbons (Fsp3) is 0.250. The molecule has 2 N–H and O–H groups in total. The van der Waals surface area contributed by atoms with Gasteiger partial charge in [-0.2, -0.15) is 0 Å². The van der Waals surface area contributed by atoms with Crippen molar-refractivity contribution in [3.63, 3.8) is 0 Å². The number of aryl methyl sites for hydroxylation is 1. The highest BCUT2D eigenvalue weighted by molar-refractivity contribution is 6.31. The Morgan fingerprint density at radius 1 is 0.963 bits per heavy atom. The average molecular weight is 387 g/mol. The molecule has 1 aliphatic carbocycles. The number of ether oxygens (including phenoxy) is 1. The summed E-state index contributed by atoms with van der Waals surface area (Å²) in [6.07, 6.45) is 0.953. The topological polar surface area (TPSA) is 84.5 Å². The Morgan fingerprint density at radius 2 is 1.52 bits per heavy atom. The SMILES string of the molecule is COC(=O)c1ccc(NC(=O)C2(C(=O)Nc3ccc(C)c(Cl)c3)CC2)cc1. The van der Waals surface area contributed by atoms with Gasteiger partial charge >= 0.3 is 5.97 Å². The largest absolute Gasteiger partial charge is 0.465 e. The normalized spacial score (nSPS) is 14.2. The Kier molecular flexibility index (Phi) is 5.19. The van der Waals surface area contributed by atoms with Crippen LogP contribution < -0.4 is 10.6 Å².